The number of allylic oxidation sites excluding steroid dienone is 1. The van der Waals surface area contributed by atoms with Gasteiger partial charge in [0.15, 0.2) is 0 Å². The van der Waals surface area contributed by atoms with Crippen molar-refractivity contribution in [1.29, 1.82) is 0 Å². The molecule has 0 heterocycles. The molecule has 0 bridgehead atoms. The van der Waals surface area contributed by atoms with Gasteiger partial charge in [0.05, 0.1) is 12.5 Å². The Morgan fingerprint density at radius 2 is 2.25 bits per heavy atom. The summed E-state index contributed by atoms with van der Waals surface area (Å²) >= 11 is 0. The smallest absolute Gasteiger partial charge is 0.315 e. The van der Waals surface area contributed by atoms with E-state index in [2.05, 4.69) is 6.08 Å². The predicted octanol–water partition coefficient (Wildman–Crippen LogP) is 2.30. The number of esters is 1. The minimum Gasteiger partial charge on any atom is -0.468 e. The molecular weight excluding hydrogens is 152 g/mol. The monoisotopic (exact) mass is 168 g/mol. The zero-order valence-corrected chi connectivity index (χ0v) is 8.02. The van der Waals surface area contributed by atoms with Gasteiger partial charge in [-0.3, -0.25) is 4.79 Å². The number of rotatable bonds is 2. The zero-order valence-electron chi connectivity index (χ0n) is 8.02. The highest BCUT2D eigenvalue weighted by Crippen LogP contribution is 2.35. The Morgan fingerprint density at radius 1 is 1.58 bits per heavy atom. The zero-order chi connectivity index (χ0) is 9.19. The van der Waals surface area contributed by atoms with E-state index in [1.807, 2.05) is 13.8 Å². The van der Waals surface area contributed by atoms with Crippen LogP contribution in [0.3, 0.4) is 0 Å². The molecule has 0 saturated carbocycles. The fraction of sp³-hybridized carbons (Fsp3) is 0.700. The molecule has 0 spiro atoms. The Hall–Kier alpha value is -0.790. The van der Waals surface area contributed by atoms with Gasteiger partial charge in [0.1, 0.15) is 0 Å². The lowest BCUT2D eigenvalue weighted by Crippen LogP contribution is -2.27. The van der Waals surface area contributed by atoms with E-state index in [-0.39, 0.29) is 5.97 Å². The second-order valence-corrected chi connectivity index (χ2v) is 3.74. The van der Waals surface area contributed by atoms with Crippen LogP contribution in [0.25, 0.3) is 0 Å². The van der Waals surface area contributed by atoms with Crippen LogP contribution in [0.1, 0.15) is 33.1 Å². The predicted molar refractivity (Wildman–Crippen MR) is 47.7 cm³/mol. The second-order valence-electron chi connectivity index (χ2n) is 3.74. The minimum absolute atomic E-state index is 0.129. The molecule has 0 amide bonds. The highest BCUT2D eigenvalue weighted by atomic mass is 16.5. The average Bonchev–Trinajstić information content (AvgIpc) is 2.55. The Morgan fingerprint density at radius 3 is 2.67 bits per heavy atom. The summed E-state index contributed by atoms with van der Waals surface area (Å²) in [4.78, 5) is 11.4. The normalized spacial score (nSPS) is 17.4. The molecule has 0 saturated heterocycles. The van der Waals surface area contributed by atoms with Crippen LogP contribution < -0.4 is 0 Å². The molecule has 2 nitrogen and oxygen atoms in total. The fourth-order valence-corrected chi connectivity index (χ4v) is 1.62. The van der Waals surface area contributed by atoms with Gasteiger partial charge < -0.3 is 4.74 Å². The van der Waals surface area contributed by atoms with Gasteiger partial charge in [-0.05, 0) is 33.1 Å². The Labute approximate surface area is 73.6 Å². The fourth-order valence-electron chi connectivity index (χ4n) is 1.62. The minimum atomic E-state index is -0.411. The van der Waals surface area contributed by atoms with Crippen molar-refractivity contribution in [2.75, 3.05) is 7.11 Å². The Balaban J connectivity index is 2.76. The van der Waals surface area contributed by atoms with Gasteiger partial charge in [-0.25, -0.2) is 0 Å². The molecule has 68 valence electrons. The summed E-state index contributed by atoms with van der Waals surface area (Å²) < 4.78 is 4.75. The van der Waals surface area contributed by atoms with E-state index in [4.69, 9.17) is 4.74 Å². The van der Waals surface area contributed by atoms with Gasteiger partial charge in [-0.15, -0.1) is 0 Å². The van der Waals surface area contributed by atoms with Crippen molar-refractivity contribution in [3.63, 3.8) is 0 Å². The summed E-state index contributed by atoms with van der Waals surface area (Å²) in [7, 11) is 1.44. The van der Waals surface area contributed by atoms with Gasteiger partial charge in [-0.2, -0.15) is 0 Å². The summed E-state index contributed by atoms with van der Waals surface area (Å²) in [5, 5.41) is 0. The quantitative estimate of drug-likeness (QED) is 0.467. The maximum Gasteiger partial charge on any atom is 0.315 e. The van der Waals surface area contributed by atoms with Crippen LogP contribution >= 0.6 is 0 Å². The van der Waals surface area contributed by atoms with Crippen LogP contribution in [0.15, 0.2) is 11.6 Å². The third kappa shape index (κ3) is 1.52. The molecule has 0 fully saturated rings. The molecular formula is C10H16O2. The number of carbonyl (C=O) groups is 1. The van der Waals surface area contributed by atoms with Gasteiger partial charge in [0.2, 0.25) is 0 Å². The van der Waals surface area contributed by atoms with Gasteiger partial charge >= 0.3 is 5.97 Å². The molecule has 1 rings (SSSR count). The summed E-state index contributed by atoms with van der Waals surface area (Å²) in [6.45, 7) is 3.85. The third-order valence-electron chi connectivity index (χ3n) is 2.54. The first kappa shape index (κ1) is 9.30. The largest absolute Gasteiger partial charge is 0.468 e. The topological polar surface area (TPSA) is 26.3 Å². The molecule has 2 heteroatoms. The van der Waals surface area contributed by atoms with Gasteiger partial charge in [0, 0.05) is 0 Å². The number of carbonyl (C=O) groups excluding carboxylic acids is 1. The highest BCUT2D eigenvalue weighted by molar-refractivity contribution is 5.79. The van der Waals surface area contributed by atoms with Gasteiger partial charge in [-0.1, -0.05) is 11.6 Å². The number of methoxy groups -OCH3 is 1. The first-order valence-electron chi connectivity index (χ1n) is 4.37. The van der Waals surface area contributed by atoms with Crippen molar-refractivity contribution in [3.8, 4) is 0 Å². The lowest BCUT2D eigenvalue weighted by atomic mass is 9.84. The number of hydrogen-bond donors (Lipinski definition) is 0. The number of ether oxygens (including phenoxy) is 1. The van der Waals surface area contributed by atoms with E-state index in [1.54, 1.807) is 0 Å². The van der Waals surface area contributed by atoms with E-state index < -0.39 is 5.41 Å². The first-order valence-corrected chi connectivity index (χ1v) is 4.37. The van der Waals surface area contributed by atoms with Crippen molar-refractivity contribution >= 4 is 5.97 Å². The molecule has 0 N–H and O–H groups in total. The van der Waals surface area contributed by atoms with Crippen LogP contribution in [-0.2, 0) is 9.53 Å². The Kier molecular flexibility index (Phi) is 2.55. The maximum absolute atomic E-state index is 11.4. The van der Waals surface area contributed by atoms with Crippen LogP contribution in [0.4, 0.5) is 0 Å². The van der Waals surface area contributed by atoms with Crippen molar-refractivity contribution in [2.45, 2.75) is 33.1 Å². The molecule has 12 heavy (non-hydrogen) atoms. The summed E-state index contributed by atoms with van der Waals surface area (Å²) in [5.74, 6) is -0.129. The van der Waals surface area contributed by atoms with Crippen LogP contribution in [0.5, 0.6) is 0 Å². The molecule has 0 aromatic heterocycles. The maximum atomic E-state index is 11.4. The van der Waals surface area contributed by atoms with E-state index in [0.29, 0.717) is 0 Å². The SMILES string of the molecule is COC(=O)C(C)(C)C1=CCCC1. The highest BCUT2D eigenvalue weighted by Gasteiger charge is 2.33. The molecule has 0 aliphatic heterocycles. The molecule has 0 radical (unpaired) electrons. The van der Waals surface area contributed by atoms with Crippen molar-refractivity contribution in [3.05, 3.63) is 11.6 Å². The molecule has 1 aliphatic rings. The van der Waals surface area contributed by atoms with Crippen molar-refractivity contribution < 1.29 is 9.53 Å². The first-order chi connectivity index (χ1) is 5.59. The second kappa shape index (κ2) is 3.30. The van der Waals surface area contributed by atoms with E-state index in [1.165, 1.54) is 19.1 Å². The summed E-state index contributed by atoms with van der Waals surface area (Å²) in [5.41, 5.74) is 0.819. The van der Waals surface area contributed by atoms with Crippen LogP contribution in [0, 0.1) is 5.41 Å². The van der Waals surface area contributed by atoms with E-state index >= 15 is 0 Å². The van der Waals surface area contributed by atoms with Crippen molar-refractivity contribution in [1.82, 2.24) is 0 Å². The standard InChI is InChI=1S/C10H16O2/c1-10(2,9(11)12-3)8-6-4-5-7-8/h6H,4-5,7H2,1-3H3. The lowest BCUT2D eigenvalue weighted by molar-refractivity contribution is -0.148. The molecule has 0 atom stereocenters. The molecule has 1 aliphatic carbocycles. The molecule has 0 aromatic carbocycles. The summed E-state index contributed by atoms with van der Waals surface area (Å²) in [6.07, 6.45) is 5.49. The summed E-state index contributed by atoms with van der Waals surface area (Å²) in [6, 6.07) is 0. The van der Waals surface area contributed by atoms with Crippen LogP contribution in [0.2, 0.25) is 0 Å². The van der Waals surface area contributed by atoms with Crippen molar-refractivity contribution in [2.24, 2.45) is 5.41 Å². The third-order valence-corrected chi connectivity index (χ3v) is 2.54. The Bertz CT molecular complexity index is 214. The van der Waals surface area contributed by atoms with Gasteiger partial charge in [0.25, 0.3) is 0 Å². The lowest BCUT2D eigenvalue weighted by Gasteiger charge is -2.22. The average molecular weight is 168 g/mol. The molecule has 0 aromatic rings. The van der Waals surface area contributed by atoms with E-state index in [0.717, 1.165) is 12.8 Å². The number of hydrogen-bond acceptors (Lipinski definition) is 2. The van der Waals surface area contributed by atoms with E-state index in [9.17, 15) is 4.79 Å². The van der Waals surface area contributed by atoms with Crippen LogP contribution in [-0.4, -0.2) is 13.1 Å². The molecule has 0 unspecified atom stereocenters.